The van der Waals surface area contributed by atoms with E-state index in [0.717, 1.165) is 24.4 Å². The first-order chi connectivity index (χ1) is 8.79. The van der Waals surface area contributed by atoms with Crippen molar-refractivity contribution in [3.05, 3.63) is 42.2 Å². The molecule has 5 nitrogen and oxygen atoms in total. The highest BCUT2D eigenvalue weighted by molar-refractivity contribution is 5.11. The summed E-state index contributed by atoms with van der Waals surface area (Å²) < 4.78 is 1.86. The Morgan fingerprint density at radius 1 is 1.28 bits per heavy atom. The Kier molecular flexibility index (Phi) is 4.41. The van der Waals surface area contributed by atoms with Gasteiger partial charge in [-0.05, 0) is 30.5 Å². The van der Waals surface area contributed by atoms with Gasteiger partial charge >= 0.3 is 0 Å². The molecule has 2 aromatic rings. The number of aromatic nitrogens is 4. The molecule has 0 saturated heterocycles. The topological polar surface area (TPSA) is 63.8 Å². The van der Waals surface area contributed by atoms with Crippen molar-refractivity contribution in [2.75, 3.05) is 0 Å². The van der Waals surface area contributed by atoms with Gasteiger partial charge < -0.3 is 5.11 Å². The molecular weight excluding hydrogens is 228 g/mol. The van der Waals surface area contributed by atoms with Gasteiger partial charge in [0.15, 0.2) is 0 Å². The van der Waals surface area contributed by atoms with Crippen LogP contribution >= 0.6 is 0 Å². The molecule has 0 amide bonds. The Bertz CT molecular complexity index is 469. The van der Waals surface area contributed by atoms with E-state index in [1.54, 1.807) is 18.7 Å². The Balaban J connectivity index is 1.94. The molecule has 0 aliphatic heterocycles. The number of aliphatic hydroxyl groups excluding tert-OH is 1. The van der Waals surface area contributed by atoms with E-state index in [0.29, 0.717) is 12.8 Å². The second-order valence-electron chi connectivity index (χ2n) is 4.32. The SMILES string of the molecule is CCCn1ncnc1CC(O)Cc1ccncc1. The molecule has 1 N–H and O–H groups in total. The molecule has 1 unspecified atom stereocenters. The molecule has 0 fully saturated rings. The Morgan fingerprint density at radius 2 is 2.06 bits per heavy atom. The molecule has 0 aliphatic rings. The summed E-state index contributed by atoms with van der Waals surface area (Å²) in [6.07, 6.45) is 6.74. The first-order valence-corrected chi connectivity index (χ1v) is 6.23. The highest BCUT2D eigenvalue weighted by Gasteiger charge is 2.11. The summed E-state index contributed by atoms with van der Waals surface area (Å²) in [6.45, 7) is 2.94. The molecule has 0 aromatic carbocycles. The van der Waals surface area contributed by atoms with Gasteiger partial charge in [0.1, 0.15) is 12.2 Å². The van der Waals surface area contributed by atoms with Crippen molar-refractivity contribution >= 4 is 0 Å². The maximum Gasteiger partial charge on any atom is 0.138 e. The van der Waals surface area contributed by atoms with E-state index in [-0.39, 0.29) is 0 Å². The molecule has 0 bridgehead atoms. The van der Waals surface area contributed by atoms with Gasteiger partial charge in [-0.2, -0.15) is 5.10 Å². The molecule has 2 rings (SSSR count). The second kappa shape index (κ2) is 6.26. The van der Waals surface area contributed by atoms with Crippen molar-refractivity contribution in [2.45, 2.75) is 38.8 Å². The molecule has 1 atom stereocenters. The van der Waals surface area contributed by atoms with Gasteiger partial charge in [0.25, 0.3) is 0 Å². The van der Waals surface area contributed by atoms with Crippen molar-refractivity contribution in [1.82, 2.24) is 19.7 Å². The normalized spacial score (nSPS) is 12.6. The van der Waals surface area contributed by atoms with Crippen LogP contribution in [0.1, 0.15) is 24.7 Å². The quantitative estimate of drug-likeness (QED) is 0.832. The minimum absolute atomic E-state index is 0.438. The zero-order chi connectivity index (χ0) is 12.8. The van der Waals surface area contributed by atoms with E-state index >= 15 is 0 Å². The lowest BCUT2D eigenvalue weighted by Crippen LogP contribution is -2.18. The summed E-state index contributed by atoms with van der Waals surface area (Å²) in [6, 6.07) is 3.83. The van der Waals surface area contributed by atoms with Crippen molar-refractivity contribution in [3.63, 3.8) is 0 Å². The fourth-order valence-electron chi connectivity index (χ4n) is 1.92. The minimum Gasteiger partial charge on any atom is -0.392 e. The third-order valence-electron chi connectivity index (χ3n) is 2.77. The highest BCUT2D eigenvalue weighted by Crippen LogP contribution is 2.07. The van der Waals surface area contributed by atoms with Gasteiger partial charge in [-0.3, -0.25) is 9.67 Å². The minimum atomic E-state index is -0.438. The smallest absolute Gasteiger partial charge is 0.138 e. The third-order valence-corrected chi connectivity index (χ3v) is 2.77. The van der Waals surface area contributed by atoms with Crippen LogP contribution in [0.25, 0.3) is 0 Å². The van der Waals surface area contributed by atoms with Crippen LogP contribution in [0.2, 0.25) is 0 Å². The maximum absolute atomic E-state index is 10.1. The predicted molar refractivity (Wildman–Crippen MR) is 68.0 cm³/mol. The van der Waals surface area contributed by atoms with Crippen LogP contribution in [0.4, 0.5) is 0 Å². The van der Waals surface area contributed by atoms with E-state index in [2.05, 4.69) is 22.0 Å². The molecule has 0 radical (unpaired) electrons. The van der Waals surface area contributed by atoms with Crippen LogP contribution in [0.15, 0.2) is 30.9 Å². The molecule has 0 aliphatic carbocycles. The number of aliphatic hydroxyl groups is 1. The van der Waals surface area contributed by atoms with Crippen molar-refractivity contribution < 1.29 is 5.11 Å². The Morgan fingerprint density at radius 3 is 2.78 bits per heavy atom. The number of hydrogen-bond donors (Lipinski definition) is 1. The average molecular weight is 246 g/mol. The van der Waals surface area contributed by atoms with Gasteiger partial charge in [-0.15, -0.1) is 0 Å². The zero-order valence-electron chi connectivity index (χ0n) is 10.5. The van der Waals surface area contributed by atoms with E-state index in [1.165, 1.54) is 0 Å². The van der Waals surface area contributed by atoms with Crippen LogP contribution < -0.4 is 0 Å². The number of pyridine rings is 1. The number of aryl methyl sites for hydroxylation is 1. The lowest BCUT2D eigenvalue weighted by atomic mass is 10.1. The summed E-state index contributed by atoms with van der Waals surface area (Å²) in [5.41, 5.74) is 1.08. The molecule has 0 spiro atoms. The molecule has 2 heterocycles. The maximum atomic E-state index is 10.1. The largest absolute Gasteiger partial charge is 0.392 e. The summed E-state index contributed by atoms with van der Waals surface area (Å²) >= 11 is 0. The van der Waals surface area contributed by atoms with Crippen LogP contribution in [0.3, 0.4) is 0 Å². The van der Waals surface area contributed by atoms with Gasteiger partial charge in [0.2, 0.25) is 0 Å². The second-order valence-corrected chi connectivity index (χ2v) is 4.32. The van der Waals surface area contributed by atoms with Gasteiger partial charge in [-0.1, -0.05) is 6.92 Å². The number of rotatable bonds is 6. The fraction of sp³-hybridized carbons (Fsp3) is 0.462. The van der Waals surface area contributed by atoms with Gasteiger partial charge in [0, 0.05) is 25.4 Å². The van der Waals surface area contributed by atoms with Crippen LogP contribution in [0, 0.1) is 0 Å². The van der Waals surface area contributed by atoms with Gasteiger partial charge in [-0.25, -0.2) is 4.98 Å². The summed E-state index contributed by atoms with van der Waals surface area (Å²) in [5, 5.41) is 14.2. The van der Waals surface area contributed by atoms with Crippen LogP contribution in [0.5, 0.6) is 0 Å². The van der Waals surface area contributed by atoms with E-state index in [1.807, 2.05) is 16.8 Å². The standard InChI is InChI=1S/C13H18N4O/c1-2-7-17-13(15-10-16-17)9-12(18)8-11-3-5-14-6-4-11/h3-6,10,12,18H,2,7-9H2,1H3. The molecule has 0 saturated carbocycles. The van der Waals surface area contributed by atoms with Crippen LogP contribution in [-0.4, -0.2) is 31.0 Å². The molecule has 2 aromatic heterocycles. The number of hydrogen-bond acceptors (Lipinski definition) is 4. The number of nitrogens with zero attached hydrogens (tertiary/aromatic N) is 4. The summed E-state index contributed by atoms with van der Waals surface area (Å²) in [4.78, 5) is 8.15. The monoisotopic (exact) mass is 246 g/mol. The Labute approximate surface area is 107 Å². The molecule has 96 valence electrons. The van der Waals surface area contributed by atoms with E-state index < -0.39 is 6.10 Å². The molecule has 18 heavy (non-hydrogen) atoms. The van der Waals surface area contributed by atoms with Crippen LogP contribution in [-0.2, 0) is 19.4 Å². The molecule has 5 heteroatoms. The highest BCUT2D eigenvalue weighted by atomic mass is 16.3. The van der Waals surface area contributed by atoms with E-state index in [4.69, 9.17) is 0 Å². The van der Waals surface area contributed by atoms with E-state index in [9.17, 15) is 5.11 Å². The zero-order valence-corrected chi connectivity index (χ0v) is 10.5. The predicted octanol–water partition coefficient (Wildman–Crippen LogP) is 1.23. The van der Waals surface area contributed by atoms with Crippen molar-refractivity contribution in [3.8, 4) is 0 Å². The van der Waals surface area contributed by atoms with Crippen molar-refractivity contribution in [1.29, 1.82) is 0 Å². The Hall–Kier alpha value is -1.75. The first-order valence-electron chi connectivity index (χ1n) is 6.23. The lowest BCUT2D eigenvalue weighted by molar-refractivity contribution is 0.171. The first kappa shape index (κ1) is 12.7. The van der Waals surface area contributed by atoms with Crippen molar-refractivity contribution in [2.24, 2.45) is 0 Å². The summed E-state index contributed by atoms with van der Waals surface area (Å²) in [7, 11) is 0. The average Bonchev–Trinajstić information content (AvgIpc) is 2.78. The van der Waals surface area contributed by atoms with Gasteiger partial charge in [0.05, 0.1) is 6.10 Å². The third kappa shape index (κ3) is 3.37. The molecular formula is C13H18N4O. The fourth-order valence-corrected chi connectivity index (χ4v) is 1.92. The summed E-state index contributed by atoms with van der Waals surface area (Å²) in [5.74, 6) is 0.846. The lowest BCUT2D eigenvalue weighted by Gasteiger charge is -2.10.